The molecule has 13 heteroatoms. The van der Waals surface area contributed by atoms with Crippen LogP contribution in [0.1, 0.15) is 43.1 Å². The molecule has 0 unspecified atom stereocenters. The molecule has 0 bridgehead atoms. The van der Waals surface area contributed by atoms with Crippen molar-refractivity contribution in [1.29, 1.82) is 0 Å². The van der Waals surface area contributed by atoms with E-state index in [4.69, 9.17) is 5.73 Å². The van der Waals surface area contributed by atoms with E-state index in [1.54, 1.807) is 13.1 Å². The number of nitrogens with zero attached hydrogens (tertiary/aromatic N) is 5. The highest BCUT2D eigenvalue weighted by Crippen LogP contribution is 2.27. The van der Waals surface area contributed by atoms with E-state index >= 15 is 0 Å². The molecule has 1 atom stereocenters. The lowest BCUT2D eigenvalue weighted by Gasteiger charge is -2.30. The lowest BCUT2D eigenvalue weighted by molar-refractivity contribution is -0.122. The van der Waals surface area contributed by atoms with Crippen LogP contribution in [0.15, 0.2) is 55.0 Å². The topological polar surface area (TPSA) is 164 Å². The van der Waals surface area contributed by atoms with Crippen molar-refractivity contribution < 1.29 is 14.0 Å². The third-order valence-electron chi connectivity index (χ3n) is 6.45. The number of carbonyl (C=O) groups excluding carboxylic acids is 2. The first-order valence-electron chi connectivity index (χ1n) is 12.7. The fraction of sp³-hybridized carbons (Fsp3) is 0.308. The summed E-state index contributed by atoms with van der Waals surface area (Å²) in [6, 6.07) is 9.58. The molecule has 1 fully saturated rings. The molecule has 0 spiro atoms. The highest BCUT2D eigenvalue weighted by Gasteiger charge is 2.24. The number of halogens is 1. The number of amides is 2. The number of imidazole rings is 1. The minimum Gasteiger partial charge on any atom is -0.366 e. The number of nitrogens with two attached hydrogens (primary N) is 1. The SMILES string of the molecule is C[C@H](N)C(=O)NC1CCC(Nc2cc(Nc3ccccn3)c3ncc(C(=O)Nc4ccnc(F)c4)n3n2)CC1. The van der Waals surface area contributed by atoms with E-state index in [1.165, 1.54) is 23.0 Å². The number of nitrogens with one attached hydrogen (secondary N) is 4. The summed E-state index contributed by atoms with van der Waals surface area (Å²) in [5.41, 5.74) is 7.11. The summed E-state index contributed by atoms with van der Waals surface area (Å²) in [7, 11) is 0. The zero-order valence-corrected chi connectivity index (χ0v) is 21.3. The molecule has 4 aromatic heterocycles. The Kier molecular flexibility index (Phi) is 7.59. The molecule has 5 rings (SSSR count). The van der Waals surface area contributed by atoms with Gasteiger partial charge in [-0.25, -0.2) is 19.5 Å². The second-order valence-electron chi connectivity index (χ2n) is 9.47. The maximum atomic E-state index is 13.5. The van der Waals surface area contributed by atoms with Crippen LogP contribution < -0.4 is 27.0 Å². The highest BCUT2D eigenvalue weighted by atomic mass is 19.1. The molecule has 0 saturated heterocycles. The number of pyridine rings is 2. The van der Waals surface area contributed by atoms with E-state index in [0.29, 0.717) is 23.0 Å². The molecule has 39 heavy (non-hydrogen) atoms. The fourth-order valence-corrected chi connectivity index (χ4v) is 4.46. The van der Waals surface area contributed by atoms with E-state index in [1.807, 2.05) is 24.3 Å². The first-order chi connectivity index (χ1) is 18.9. The number of rotatable bonds is 8. The van der Waals surface area contributed by atoms with Crippen molar-refractivity contribution in [3.63, 3.8) is 0 Å². The Morgan fingerprint density at radius 3 is 2.54 bits per heavy atom. The number of aromatic nitrogens is 5. The summed E-state index contributed by atoms with van der Waals surface area (Å²) in [6.45, 7) is 1.67. The largest absolute Gasteiger partial charge is 0.366 e. The van der Waals surface area contributed by atoms with Gasteiger partial charge in [0.15, 0.2) is 11.3 Å². The Morgan fingerprint density at radius 2 is 1.82 bits per heavy atom. The Morgan fingerprint density at radius 1 is 1.03 bits per heavy atom. The van der Waals surface area contributed by atoms with Crippen molar-refractivity contribution >= 4 is 40.5 Å². The van der Waals surface area contributed by atoms with Gasteiger partial charge in [0.05, 0.1) is 17.9 Å². The van der Waals surface area contributed by atoms with E-state index in [9.17, 15) is 14.0 Å². The zero-order chi connectivity index (χ0) is 27.4. The van der Waals surface area contributed by atoms with Crippen LogP contribution in [0.2, 0.25) is 0 Å². The minimum atomic E-state index is -0.704. The summed E-state index contributed by atoms with van der Waals surface area (Å²) >= 11 is 0. The fourth-order valence-electron chi connectivity index (χ4n) is 4.46. The van der Waals surface area contributed by atoms with E-state index in [-0.39, 0.29) is 29.4 Å². The van der Waals surface area contributed by atoms with E-state index in [2.05, 4.69) is 41.3 Å². The summed E-state index contributed by atoms with van der Waals surface area (Å²) in [6.07, 6.45) is 7.59. The van der Waals surface area contributed by atoms with Crippen molar-refractivity contribution in [3.8, 4) is 0 Å². The number of anilines is 4. The molecule has 6 N–H and O–H groups in total. The van der Waals surface area contributed by atoms with Gasteiger partial charge in [-0.15, -0.1) is 5.10 Å². The van der Waals surface area contributed by atoms with Crippen LogP contribution in [-0.2, 0) is 4.79 Å². The Labute approximate surface area is 223 Å². The molecule has 1 aliphatic carbocycles. The van der Waals surface area contributed by atoms with Gasteiger partial charge in [-0.05, 0) is 50.8 Å². The lowest BCUT2D eigenvalue weighted by Crippen LogP contribution is -2.46. The van der Waals surface area contributed by atoms with Gasteiger partial charge in [0.25, 0.3) is 5.91 Å². The molecule has 0 radical (unpaired) electrons. The molecule has 1 saturated carbocycles. The summed E-state index contributed by atoms with van der Waals surface area (Å²) in [4.78, 5) is 37.3. The predicted molar refractivity (Wildman–Crippen MR) is 144 cm³/mol. The molecular formula is C26H29FN10O2. The van der Waals surface area contributed by atoms with Gasteiger partial charge in [0, 0.05) is 42.3 Å². The van der Waals surface area contributed by atoms with Crippen molar-refractivity contribution in [3.05, 3.63) is 66.6 Å². The smallest absolute Gasteiger partial charge is 0.276 e. The normalized spacial score (nSPS) is 17.8. The third-order valence-corrected chi connectivity index (χ3v) is 6.45. The monoisotopic (exact) mass is 532 g/mol. The first kappa shape index (κ1) is 26.0. The molecule has 2 amide bonds. The molecular weight excluding hydrogens is 503 g/mol. The van der Waals surface area contributed by atoms with Gasteiger partial charge < -0.3 is 27.0 Å². The molecule has 0 aromatic carbocycles. The Bertz CT molecular complexity index is 1470. The van der Waals surface area contributed by atoms with Crippen LogP contribution in [0, 0.1) is 5.95 Å². The van der Waals surface area contributed by atoms with Crippen molar-refractivity contribution in [2.24, 2.45) is 5.73 Å². The molecule has 12 nitrogen and oxygen atoms in total. The maximum Gasteiger partial charge on any atom is 0.276 e. The summed E-state index contributed by atoms with van der Waals surface area (Å²) in [5.74, 6) is -0.227. The summed E-state index contributed by atoms with van der Waals surface area (Å²) < 4.78 is 15.0. The third kappa shape index (κ3) is 6.26. The van der Waals surface area contributed by atoms with Crippen LogP contribution in [0.3, 0.4) is 0 Å². The van der Waals surface area contributed by atoms with Crippen LogP contribution in [0.25, 0.3) is 5.65 Å². The number of hydrogen-bond acceptors (Lipinski definition) is 9. The predicted octanol–water partition coefficient (Wildman–Crippen LogP) is 2.84. The molecule has 0 aliphatic heterocycles. The van der Waals surface area contributed by atoms with Crippen LogP contribution in [0.4, 0.5) is 27.4 Å². The van der Waals surface area contributed by atoms with Crippen molar-refractivity contribution in [2.75, 3.05) is 16.0 Å². The zero-order valence-electron chi connectivity index (χ0n) is 21.3. The Hall–Kier alpha value is -4.65. The highest BCUT2D eigenvalue weighted by molar-refractivity contribution is 6.03. The second-order valence-corrected chi connectivity index (χ2v) is 9.47. The number of carbonyl (C=O) groups is 2. The maximum absolute atomic E-state index is 13.5. The van der Waals surface area contributed by atoms with Crippen molar-refractivity contribution in [2.45, 2.75) is 50.7 Å². The number of hydrogen-bond donors (Lipinski definition) is 5. The second kappa shape index (κ2) is 11.4. The van der Waals surface area contributed by atoms with E-state index < -0.39 is 17.9 Å². The standard InChI is InChI=1S/C26H29FN10O2/c1-15(28)25(38)33-17-7-5-16(6-8-17)32-23-13-19(35-22-4-2-3-10-30-22)24-31-14-20(37(24)36-23)26(39)34-18-9-11-29-21(27)12-18/h2-4,9-17H,5-8,28H2,1H3,(H,30,35)(H,32,36)(H,33,38)(H,29,34,39)/t15-,16?,17?/m0/s1. The van der Waals surface area contributed by atoms with Crippen LogP contribution in [0.5, 0.6) is 0 Å². The molecule has 1 aliphatic rings. The van der Waals surface area contributed by atoms with Crippen LogP contribution in [-0.4, -0.2) is 54.5 Å². The van der Waals surface area contributed by atoms with Gasteiger partial charge in [-0.3, -0.25) is 9.59 Å². The van der Waals surface area contributed by atoms with Gasteiger partial charge in [0.2, 0.25) is 11.9 Å². The molecule has 4 aromatic rings. The Balaban J connectivity index is 1.39. The van der Waals surface area contributed by atoms with Crippen LogP contribution >= 0.6 is 0 Å². The average Bonchev–Trinajstić information content (AvgIpc) is 3.35. The molecule has 202 valence electrons. The van der Waals surface area contributed by atoms with E-state index in [0.717, 1.165) is 31.7 Å². The lowest BCUT2D eigenvalue weighted by atomic mass is 9.91. The van der Waals surface area contributed by atoms with Gasteiger partial charge >= 0.3 is 0 Å². The average molecular weight is 533 g/mol. The first-order valence-corrected chi connectivity index (χ1v) is 12.7. The van der Waals surface area contributed by atoms with Gasteiger partial charge in [-0.1, -0.05) is 6.07 Å². The summed E-state index contributed by atoms with van der Waals surface area (Å²) in [5, 5.41) is 17.0. The quantitative estimate of drug-likeness (QED) is 0.215. The van der Waals surface area contributed by atoms with Crippen molar-refractivity contribution in [1.82, 2.24) is 29.9 Å². The minimum absolute atomic E-state index is 0.0837. The number of fused-ring (bicyclic) bond motifs is 1. The van der Waals surface area contributed by atoms with Gasteiger partial charge in [-0.2, -0.15) is 4.39 Å². The molecule has 4 heterocycles. The van der Waals surface area contributed by atoms with Gasteiger partial charge in [0.1, 0.15) is 11.6 Å².